The maximum Gasteiger partial charge on any atom is 0.368 e. The molecule has 2 aromatic rings. The van der Waals surface area contributed by atoms with Crippen LogP contribution in [-0.4, -0.2) is 25.8 Å². The van der Waals surface area contributed by atoms with E-state index in [1.54, 1.807) is 18.2 Å². The van der Waals surface area contributed by atoms with Gasteiger partial charge in [0.2, 0.25) is 0 Å². The highest BCUT2D eigenvalue weighted by molar-refractivity contribution is 6.31. The Hall–Kier alpha value is -2.95. The van der Waals surface area contributed by atoms with Gasteiger partial charge in [-0.3, -0.25) is 0 Å². The zero-order chi connectivity index (χ0) is 16.4. The van der Waals surface area contributed by atoms with E-state index >= 15 is 0 Å². The predicted octanol–water partition coefficient (Wildman–Crippen LogP) is 3.24. The normalized spacial score (nSPS) is 15.5. The van der Waals surface area contributed by atoms with Crippen molar-refractivity contribution in [3.05, 3.63) is 71.0 Å². The first-order valence-electron chi connectivity index (χ1n) is 7.10. The highest BCUT2D eigenvalue weighted by Crippen LogP contribution is 2.23. The standard InChI is InChI=1S/C18H15FN2O2/c1-21(2)14-9-7-12(8-10-14)17-15(18(22)23-20-17)11-13-5-3-4-6-16(13)19/h3-11H,1-2H3/b15-11+. The summed E-state index contributed by atoms with van der Waals surface area (Å²) in [5.74, 6) is -0.984. The van der Waals surface area contributed by atoms with E-state index in [4.69, 9.17) is 4.84 Å². The molecule has 5 heteroatoms. The van der Waals surface area contributed by atoms with Crippen molar-refractivity contribution in [1.29, 1.82) is 0 Å². The molecule has 2 aromatic carbocycles. The molecule has 23 heavy (non-hydrogen) atoms. The molecule has 0 saturated heterocycles. The molecule has 116 valence electrons. The van der Waals surface area contributed by atoms with E-state index in [-0.39, 0.29) is 5.57 Å². The molecular formula is C18H15FN2O2. The smallest absolute Gasteiger partial charge is 0.368 e. The fourth-order valence-electron chi connectivity index (χ4n) is 2.28. The number of rotatable bonds is 3. The van der Waals surface area contributed by atoms with Crippen molar-refractivity contribution in [2.45, 2.75) is 0 Å². The van der Waals surface area contributed by atoms with Gasteiger partial charge in [-0.1, -0.05) is 35.5 Å². The number of oxime groups is 1. The minimum absolute atomic E-state index is 0.243. The molecule has 0 aliphatic carbocycles. The van der Waals surface area contributed by atoms with Crippen LogP contribution in [0, 0.1) is 5.82 Å². The number of anilines is 1. The summed E-state index contributed by atoms with van der Waals surface area (Å²) in [7, 11) is 3.89. The van der Waals surface area contributed by atoms with E-state index in [1.807, 2.05) is 43.3 Å². The van der Waals surface area contributed by atoms with Gasteiger partial charge in [0.1, 0.15) is 11.5 Å². The second-order valence-electron chi connectivity index (χ2n) is 5.34. The van der Waals surface area contributed by atoms with Gasteiger partial charge >= 0.3 is 5.97 Å². The third-order valence-electron chi connectivity index (χ3n) is 3.56. The summed E-state index contributed by atoms with van der Waals surface area (Å²) < 4.78 is 13.8. The van der Waals surface area contributed by atoms with E-state index < -0.39 is 11.8 Å². The van der Waals surface area contributed by atoms with Crippen LogP contribution in [-0.2, 0) is 9.63 Å². The second kappa shape index (κ2) is 6.04. The van der Waals surface area contributed by atoms with Crippen LogP contribution in [0.1, 0.15) is 11.1 Å². The van der Waals surface area contributed by atoms with Gasteiger partial charge < -0.3 is 9.74 Å². The molecule has 0 atom stereocenters. The van der Waals surface area contributed by atoms with Crippen molar-refractivity contribution < 1.29 is 14.0 Å². The summed E-state index contributed by atoms with van der Waals surface area (Å²) in [6.45, 7) is 0. The van der Waals surface area contributed by atoms with Crippen molar-refractivity contribution in [1.82, 2.24) is 0 Å². The van der Waals surface area contributed by atoms with E-state index in [2.05, 4.69) is 5.16 Å². The number of nitrogens with zero attached hydrogens (tertiary/aromatic N) is 2. The zero-order valence-corrected chi connectivity index (χ0v) is 12.8. The first-order chi connectivity index (χ1) is 11.1. The quantitative estimate of drug-likeness (QED) is 0.645. The molecule has 1 aliphatic heterocycles. The Labute approximate surface area is 133 Å². The SMILES string of the molecule is CN(C)c1ccc(C2=NOC(=O)/C2=C/c2ccccc2F)cc1. The van der Waals surface area contributed by atoms with E-state index in [9.17, 15) is 9.18 Å². The van der Waals surface area contributed by atoms with Crippen molar-refractivity contribution in [2.24, 2.45) is 5.16 Å². The number of carbonyl (C=O) groups is 1. The average molecular weight is 310 g/mol. The van der Waals surface area contributed by atoms with Gasteiger partial charge in [-0.2, -0.15) is 0 Å². The van der Waals surface area contributed by atoms with Gasteiger partial charge in [0, 0.05) is 30.9 Å². The molecule has 0 N–H and O–H groups in total. The van der Waals surface area contributed by atoms with Crippen LogP contribution in [0.25, 0.3) is 6.08 Å². The Balaban J connectivity index is 1.98. The number of halogens is 1. The van der Waals surface area contributed by atoms with Crippen molar-refractivity contribution in [3.8, 4) is 0 Å². The van der Waals surface area contributed by atoms with Crippen LogP contribution in [0.3, 0.4) is 0 Å². The van der Waals surface area contributed by atoms with Crippen molar-refractivity contribution in [3.63, 3.8) is 0 Å². The van der Waals surface area contributed by atoms with E-state index in [0.29, 0.717) is 11.3 Å². The summed E-state index contributed by atoms with van der Waals surface area (Å²) in [4.78, 5) is 18.7. The minimum atomic E-state index is -0.583. The Morgan fingerprint density at radius 2 is 1.78 bits per heavy atom. The Morgan fingerprint density at radius 1 is 1.09 bits per heavy atom. The molecule has 0 bridgehead atoms. The van der Waals surface area contributed by atoms with Crippen LogP contribution < -0.4 is 4.90 Å². The van der Waals surface area contributed by atoms with Crippen LogP contribution >= 0.6 is 0 Å². The fraction of sp³-hybridized carbons (Fsp3) is 0.111. The lowest BCUT2D eigenvalue weighted by atomic mass is 10.00. The molecule has 0 fully saturated rings. The van der Waals surface area contributed by atoms with Gasteiger partial charge in [0.05, 0.1) is 5.57 Å². The maximum atomic E-state index is 13.8. The lowest BCUT2D eigenvalue weighted by Crippen LogP contribution is -2.10. The number of hydrogen-bond donors (Lipinski definition) is 0. The van der Waals surface area contributed by atoms with Gasteiger partial charge in [-0.05, 0) is 24.3 Å². The molecular weight excluding hydrogens is 295 g/mol. The number of hydrogen-bond acceptors (Lipinski definition) is 4. The number of carbonyl (C=O) groups excluding carboxylic acids is 1. The largest absolute Gasteiger partial charge is 0.378 e. The lowest BCUT2D eigenvalue weighted by molar-refractivity contribution is -0.136. The van der Waals surface area contributed by atoms with Crippen LogP contribution in [0.2, 0.25) is 0 Å². The molecule has 0 spiro atoms. The zero-order valence-electron chi connectivity index (χ0n) is 12.8. The van der Waals surface area contributed by atoms with Crippen molar-refractivity contribution >= 4 is 23.4 Å². The first-order valence-corrected chi connectivity index (χ1v) is 7.10. The Morgan fingerprint density at radius 3 is 2.43 bits per heavy atom. The minimum Gasteiger partial charge on any atom is -0.378 e. The summed E-state index contributed by atoms with van der Waals surface area (Å²) in [5, 5.41) is 3.83. The highest BCUT2D eigenvalue weighted by Gasteiger charge is 2.27. The molecule has 0 aromatic heterocycles. The summed E-state index contributed by atoms with van der Waals surface area (Å²) in [6, 6.07) is 13.8. The third kappa shape index (κ3) is 2.99. The number of benzene rings is 2. The topological polar surface area (TPSA) is 41.9 Å². The molecule has 3 rings (SSSR count). The molecule has 1 aliphatic rings. The molecule has 0 saturated carbocycles. The Kier molecular flexibility index (Phi) is 3.93. The predicted molar refractivity (Wildman–Crippen MR) is 87.8 cm³/mol. The van der Waals surface area contributed by atoms with Crippen molar-refractivity contribution in [2.75, 3.05) is 19.0 Å². The van der Waals surface area contributed by atoms with E-state index in [0.717, 1.165) is 11.3 Å². The van der Waals surface area contributed by atoms with Crippen LogP contribution in [0.15, 0.2) is 59.3 Å². The Bertz CT molecular complexity index is 808. The summed E-state index contributed by atoms with van der Waals surface area (Å²) in [5.41, 5.74) is 2.73. The van der Waals surface area contributed by atoms with Gasteiger partial charge in [-0.25, -0.2) is 9.18 Å². The molecule has 4 nitrogen and oxygen atoms in total. The van der Waals surface area contributed by atoms with Gasteiger partial charge in [0.15, 0.2) is 0 Å². The summed E-state index contributed by atoms with van der Waals surface area (Å²) >= 11 is 0. The average Bonchev–Trinajstić information content (AvgIpc) is 2.91. The van der Waals surface area contributed by atoms with E-state index in [1.165, 1.54) is 12.1 Å². The van der Waals surface area contributed by atoms with Gasteiger partial charge in [0.25, 0.3) is 0 Å². The first kappa shape index (κ1) is 15.0. The second-order valence-corrected chi connectivity index (χ2v) is 5.34. The monoisotopic (exact) mass is 310 g/mol. The lowest BCUT2D eigenvalue weighted by Gasteiger charge is -2.12. The molecule has 0 unspecified atom stereocenters. The van der Waals surface area contributed by atoms with Crippen LogP contribution in [0.4, 0.5) is 10.1 Å². The molecule has 1 heterocycles. The highest BCUT2D eigenvalue weighted by atomic mass is 19.1. The van der Waals surface area contributed by atoms with Gasteiger partial charge in [-0.15, -0.1) is 0 Å². The van der Waals surface area contributed by atoms with Crippen LogP contribution in [0.5, 0.6) is 0 Å². The summed E-state index contributed by atoms with van der Waals surface area (Å²) in [6.07, 6.45) is 1.46. The molecule has 0 amide bonds. The fourth-order valence-corrected chi connectivity index (χ4v) is 2.28. The third-order valence-corrected chi connectivity index (χ3v) is 3.56. The molecule has 0 radical (unpaired) electrons. The maximum absolute atomic E-state index is 13.8.